The van der Waals surface area contributed by atoms with Gasteiger partial charge >= 0.3 is 11.9 Å². The molecule has 0 unspecified atom stereocenters. The Labute approximate surface area is 435 Å². The highest BCUT2D eigenvalue weighted by Gasteiger charge is 2.55. The van der Waals surface area contributed by atoms with Crippen LogP contribution in [-0.2, 0) is 53.5 Å². The van der Waals surface area contributed by atoms with Gasteiger partial charge in [-0.1, -0.05) is 33.8 Å². The summed E-state index contributed by atoms with van der Waals surface area (Å²) in [6.45, 7) is 24.3. The Morgan fingerprint density at radius 3 is 1.40 bits per heavy atom. The van der Waals surface area contributed by atoms with E-state index in [1.54, 1.807) is 131 Å². The molecule has 1 saturated heterocycles. The Hall–Kier alpha value is -7.88. The zero-order valence-corrected chi connectivity index (χ0v) is 44.9. The number of allylic oxidation sites excluding steroid dienone is 8. The Bertz CT molecular complexity index is 3180. The number of anilines is 2. The van der Waals surface area contributed by atoms with Gasteiger partial charge in [0.2, 0.25) is 11.8 Å². The number of fused-ring (bicyclic) bond motifs is 6. The van der Waals surface area contributed by atoms with Crippen molar-refractivity contribution in [3.8, 4) is 11.5 Å². The molecule has 16 heteroatoms. The molecule has 8 rings (SSSR count). The number of Topliss-reactive ketones (excluding diaryl/α,β-unsaturated/α-hetero) is 4. The molecule has 1 spiro atoms. The van der Waals surface area contributed by atoms with Gasteiger partial charge in [0.05, 0.1) is 22.5 Å². The van der Waals surface area contributed by atoms with Crippen LogP contribution in [0.1, 0.15) is 157 Å². The largest absolute Gasteiger partial charge is 0.456 e. The first-order valence-corrected chi connectivity index (χ1v) is 25.1. The van der Waals surface area contributed by atoms with Gasteiger partial charge < -0.3 is 24.1 Å². The molecule has 1 fully saturated rings. The van der Waals surface area contributed by atoms with Crippen LogP contribution in [0, 0.1) is 24.7 Å². The van der Waals surface area contributed by atoms with Crippen LogP contribution >= 0.6 is 0 Å². The van der Waals surface area contributed by atoms with E-state index < -0.39 is 40.2 Å². The fourth-order valence-electron chi connectivity index (χ4n) is 11.4. The molecule has 75 heavy (non-hydrogen) atoms. The molecule has 0 saturated carbocycles. The third-order valence-electron chi connectivity index (χ3n) is 15.6. The van der Waals surface area contributed by atoms with Crippen molar-refractivity contribution in [3.63, 3.8) is 0 Å². The van der Waals surface area contributed by atoms with Crippen molar-refractivity contribution in [2.24, 2.45) is 10.8 Å². The number of hydroxylamine groups is 2. The molecule has 2 aliphatic carbocycles. The molecular weight excluding hydrogens is 959 g/mol. The smallest absolute Gasteiger partial charge is 0.363 e. The third-order valence-corrected chi connectivity index (χ3v) is 15.6. The van der Waals surface area contributed by atoms with E-state index in [0.717, 1.165) is 0 Å². The van der Waals surface area contributed by atoms with E-state index in [4.69, 9.17) is 14.3 Å². The molecule has 3 aromatic carbocycles. The number of rotatable bonds is 12. The van der Waals surface area contributed by atoms with Crippen molar-refractivity contribution >= 4 is 70.1 Å². The second-order valence-electron chi connectivity index (χ2n) is 21.4. The van der Waals surface area contributed by atoms with Crippen molar-refractivity contribution in [2.75, 3.05) is 22.9 Å². The standard InChI is InChI=1S/C59H61N3O13/c1-15-60(47(65)26-57(11,12)49-34(9)51(67)30(5)32(7)53(49)69)41-24-43-39(21-28(41)3)59(38-18-17-36(23-37(38)56(72)74-59)55(71)75-62-45(63)19-20-46(62)64)40-22-29(4)42(25-44(40)73-43)61(16-2)48(66)27-58(13,14)50-35(10)52(68)31(6)33(8)54(50)70/h17-18,21-25H,15-16,19-20,26-27H2,1-14H3. The van der Waals surface area contributed by atoms with Gasteiger partial charge in [0.25, 0.3) is 11.8 Å². The minimum atomic E-state index is -1.75. The Morgan fingerprint density at radius 2 is 0.987 bits per heavy atom. The minimum Gasteiger partial charge on any atom is -0.456 e. The van der Waals surface area contributed by atoms with E-state index in [0.29, 0.717) is 77.7 Å². The predicted molar refractivity (Wildman–Crippen MR) is 276 cm³/mol. The Balaban J connectivity index is 1.23. The number of imide groups is 1. The molecule has 0 N–H and O–H groups in total. The summed E-state index contributed by atoms with van der Waals surface area (Å²) >= 11 is 0. The van der Waals surface area contributed by atoms with Crippen LogP contribution in [-0.4, -0.2) is 76.9 Å². The maximum Gasteiger partial charge on any atom is 0.363 e. The predicted octanol–water partition coefficient (Wildman–Crippen LogP) is 9.24. The van der Waals surface area contributed by atoms with E-state index >= 15 is 0 Å². The molecule has 0 bridgehead atoms. The van der Waals surface area contributed by atoms with E-state index in [1.807, 2.05) is 0 Å². The third kappa shape index (κ3) is 8.47. The quantitative estimate of drug-likeness (QED) is 0.0943. The summed E-state index contributed by atoms with van der Waals surface area (Å²) in [6, 6.07) is 11.1. The number of hydrogen-bond donors (Lipinski definition) is 0. The van der Waals surface area contributed by atoms with Crippen LogP contribution in [0.3, 0.4) is 0 Å². The van der Waals surface area contributed by atoms with Gasteiger partial charge in [0, 0.05) is 123 Å². The average Bonchev–Trinajstić information content (AvgIpc) is 3.83. The van der Waals surface area contributed by atoms with Gasteiger partial charge in [0.15, 0.2) is 28.7 Å². The highest BCUT2D eigenvalue weighted by Crippen LogP contribution is 2.58. The fraction of sp³-hybridized carbons (Fsp3) is 0.390. The van der Waals surface area contributed by atoms with Crippen LogP contribution in [0.4, 0.5) is 11.4 Å². The van der Waals surface area contributed by atoms with Crippen LogP contribution in [0.25, 0.3) is 0 Å². The number of benzene rings is 3. The fourth-order valence-corrected chi connectivity index (χ4v) is 11.4. The van der Waals surface area contributed by atoms with Gasteiger partial charge in [-0.25, -0.2) is 9.59 Å². The highest BCUT2D eigenvalue weighted by molar-refractivity contribution is 6.26. The molecule has 3 aromatic rings. The summed E-state index contributed by atoms with van der Waals surface area (Å²) in [5.41, 5.74) is 1.62. The molecule has 16 nitrogen and oxygen atoms in total. The number of hydrogen-bond acceptors (Lipinski definition) is 13. The van der Waals surface area contributed by atoms with Crippen LogP contribution in [0.5, 0.6) is 11.5 Å². The van der Waals surface area contributed by atoms with E-state index in [9.17, 15) is 47.9 Å². The molecule has 3 aliphatic heterocycles. The normalized spacial score (nSPS) is 17.5. The van der Waals surface area contributed by atoms with Crippen molar-refractivity contribution in [1.29, 1.82) is 0 Å². The molecule has 4 amide bonds. The van der Waals surface area contributed by atoms with E-state index in [2.05, 4.69) is 0 Å². The number of ketones is 4. The summed E-state index contributed by atoms with van der Waals surface area (Å²) in [6.07, 6.45) is -0.516. The first kappa shape index (κ1) is 53.4. The summed E-state index contributed by atoms with van der Waals surface area (Å²) < 4.78 is 13.4. The first-order chi connectivity index (χ1) is 35.0. The molecular formula is C59H61N3O13. The minimum absolute atomic E-state index is 0.0211. The second-order valence-corrected chi connectivity index (χ2v) is 21.4. The number of nitrogens with zero attached hydrogens (tertiary/aromatic N) is 3. The molecule has 0 radical (unpaired) electrons. The zero-order chi connectivity index (χ0) is 55.3. The lowest BCUT2D eigenvalue weighted by molar-refractivity contribution is -0.172. The monoisotopic (exact) mass is 1020 g/mol. The van der Waals surface area contributed by atoms with Crippen LogP contribution in [0.2, 0.25) is 0 Å². The lowest BCUT2D eigenvalue weighted by atomic mass is 9.71. The van der Waals surface area contributed by atoms with Gasteiger partial charge in [-0.15, -0.1) is 5.06 Å². The Morgan fingerprint density at radius 1 is 0.573 bits per heavy atom. The summed E-state index contributed by atoms with van der Waals surface area (Å²) in [7, 11) is 0. The Kier molecular flexibility index (Phi) is 13.4. The van der Waals surface area contributed by atoms with Gasteiger partial charge in [-0.3, -0.25) is 38.4 Å². The van der Waals surface area contributed by atoms with E-state index in [1.165, 1.54) is 18.2 Å². The van der Waals surface area contributed by atoms with Crippen molar-refractivity contribution in [2.45, 2.75) is 128 Å². The number of esters is 1. The molecule has 0 aromatic heterocycles. The van der Waals surface area contributed by atoms with Crippen LogP contribution in [0.15, 0.2) is 87.0 Å². The SMILES string of the molecule is CCN(C(=O)CC(C)(C)C1=C(C)C(=O)C(C)=C(C)C1=O)c1cc2c(cc1C)C1(OC(=O)c3cc(C(=O)ON4C(=O)CCC4=O)ccc31)c1cc(C)c(N(CC)C(=O)CC(C)(C)C3=C(C)C(=O)C(C)=C(C)C3=O)cc1O2. The second kappa shape index (κ2) is 18.8. The molecule has 390 valence electrons. The maximum atomic E-state index is 14.6. The van der Waals surface area contributed by atoms with Gasteiger partial charge in [-0.05, 0) is 105 Å². The van der Waals surface area contributed by atoms with Crippen molar-refractivity contribution in [3.05, 3.63) is 126 Å². The zero-order valence-electron chi connectivity index (χ0n) is 44.9. The van der Waals surface area contributed by atoms with Gasteiger partial charge in [0.1, 0.15) is 11.5 Å². The molecule has 5 aliphatic rings. The van der Waals surface area contributed by atoms with Crippen molar-refractivity contribution < 1.29 is 62.3 Å². The summed E-state index contributed by atoms with van der Waals surface area (Å²) in [4.78, 5) is 144. The number of carbonyl (C=O) groups is 10. The maximum absolute atomic E-state index is 14.6. The number of carbonyl (C=O) groups excluding carboxylic acids is 10. The number of aryl methyl sites for hydroxylation is 2. The topological polar surface area (TPSA) is 208 Å². The summed E-state index contributed by atoms with van der Waals surface area (Å²) in [5, 5.41) is 0.416. The van der Waals surface area contributed by atoms with Gasteiger partial charge in [-0.2, -0.15) is 0 Å². The average molecular weight is 1020 g/mol. The lowest BCUT2D eigenvalue weighted by Gasteiger charge is -2.39. The summed E-state index contributed by atoms with van der Waals surface area (Å²) in [5.74, 6) is -4.63. The molecule has 3 heterocycles. The number of ether oxygens (including phenoxy) is 2. The van der Waals surface area contributed by atoms with E-state index in [-0.39, 0.29) is 107 Å². The lowest BCUT2D eigenvalue weighted by Crippen LogP contribution is -2.39. The first-order valence-electron chi connectivity index (χ1n) is 25.1. The molecule has 0 atom stereocenters. The van der Waals surface area contributed by atoms with Crippen molar-refractivity contribution in [1.82, 2.24) is 5.06 Å². The van der Waals surface area contributed by atoms with Crippen LogP contribution < -0.4 is 14.5 Å². The highest BCUT2D eigenvalue weighted by atomic mass is 16.7. The number of amides is 4.